The summed E-state index contributed by atoms with van der Waals surface area (Å²) in [4.78, 5) is 14.5. The fraction of sp³-hybridized carbons (Fsp3) is 0.720. The fourth-order valence-electron chi connectivity index (χ4n) is 5.95. The van der Waals surface area contributed by atoms with Crippen LogP contribution in [0.5, 0.6) is 0 Å². The van der Waals surface area contributed by atoms with Gasteiger partial charge in [0.15, 0.2) is 8.32 Å². The zero-order valence-corrected chi connectivity index (χ0v) is 22.5. The van der Waals surface area contributed by atoms with E-state index in [0.717, 1.165) is 56.2 Å². The molecule has 2 aromatic rings. The zero-order chi connectivity index (χ0) is 23.7. The number of nitrogens with zero attached hydrogens (tertiary/aromatic N) is 4. The topological polar surface area (TPSA) is 83.3 Å². The van der Waals surface area contributed by atoms with Crippen LogP contribution in [0.15, 0.2) is 6.33 Å². The molecule has 184 valence electrons. The first-order chi connectivity index (χ1) is 16.4. The van der Waals surface area contributed by atoms with Crippen LogP contribution >= 0.6 is 11.3 Å². The SMILES string of the molecule is C[Si](C)(C)OC(C#N)C[C@H]1CCc2sc3ncnc(NC4CCC(N5CCOCC5)CC4)c3c21. The lowest BCUT2D eigenvalue weighted by Crippen LogP contribution is -2.46. The lowest BCUT2D eigenvalue weighted by atomic mass is 9.89. The van der Waals surface area contributed by atoms with Gasteiger partial charge in [-0.05, 0) is 76.1 Å². The number of hydrogen-bond donors (Lipinski definition) is 1. The van der Waals surface area contributed by atoms with Gasteiger partial charge in [-0.2, -0.15) is 5.26 Å². The highest BCUT2D eigenvalue weighted by Gasteiger charge is 2.34. The van der Waals surface area contributed by atoms with Crippen LogP contribution in [0, 0.1) is 11.3 Å². The first-order valence-electron chi connectivity index (χ1n) is 12.8. The number of anilines is 1. The van der Waals surface area contributed by atoms with E-state index < -0.39 is 8.32 Å². The van der Waals surface area contributed by atoms with Gasteiger partial charge in [0.1, 0.15) is 23.1 Å². The van der Waals surface area contributed by atoms with E-state index in [9.17, 15) is 5.26 Å². The molecule has 0 amide bonds. The minimum atomic E-state index is -1.77. The molecule has 2 aliphatic carbocycles. The van der Waals surface area contributed by atoms with Gasteiger partial charge in [0, 0.05) is 30.1 Å². The van der Waals surface area contributed by atoms with E-state index in [2.05, 4.69) is 40.9 Å². The number of thiophene rings is 1. The summed E-state index contributed by atoms with van der Waals surface area (Å²) >= 11 is 1.81. The second-order valence-corrected chi connectivity index (χ2v) is 16.5. The number of rotatable bonds is 7. The second kappa shape index (κ2) is 10.2. The Morgan fingerprint density at radius 1 is 1.21 bits per heavy atom. The van der Waals surface area contributed by atoms with E-state index >= 15 is 0 Å². The van der Waals surface area contributed by atoms with Crippen LogP contribution in [-0.4, -0.2) is 67.7 Å². The van der Waals surface area contributed by atoms with E-state index in [0.29, 0.717) is 18.0 Å². The maximum absolute atomic E-state index is 9.75. The van der Waals surface area contributed by atoms with E-state index in [1.807, 2.05) is 11.3 Å². The molecule has 0 radical (unpaired) electrons. The van der Waals surface area contributed by atoms with Crippen molar-refractivity contribution in [1.29, 1.82) is 5.26 Å². The average Bonchev–Trinajstić information content (AvgIpc) is 3.39. The Balaban J connectivity index is 1.31. The lowest BCUT2D eigenvalue weighted by Gasteiger charge is -2.39. The van der Waals surface area contributed by atoms with Gasteiger partial charge in [-0.15, -0.1) is 11.3 Å². The molecule has 7 nitrogen and oxygen atoms in total. The van der Waals surface area contributed by atoms with Crippen molar-refractivity contribution in [2.75, 3.05) is 31.6 Å². The summed E-state index contributed by atoms with van der Waals surface area (Å²) in [6.45, 7) is 10.4. The number of nitrogens with one attached hydrogen (secondary N) is 1. The Bertz CT molecular complexity index is 1030. The molecule has 1 N–H and O–H groups in total. The third kappa shape index (κ3) is 5.31. The van der Waals surface area contributed by atoms with Crippen LogP contribution < -0.4 is 5.32 Å². The van der Waals surface area contributed by atoms with Gasteiger partial charge >= 0.3 is 0 Å². The van der Waals surface area contributed by atoms with E-state index in [1.165, 1.54) is 41.5 Å². The number of fused-ring (bicyclic) bond motifs is 3. The lowest BCUT2D eigenvalue weighted by molar-refractivity contribution is 0.00791. The van der Waals surface area contributed by atoms with E-state index in [-0.39, 0.29) is 6.10 Å². The van der Waals surface area contributed by atoms with Crippen LogP contribution in [0.4, 0.5) is 5.82 Å². The molecule has 5 rings (SSSR count). The number of morpholine rings is 1. The average molecular weight is 500 g/mol. The van der Waals surface area contributed by atoms with Crippen molar-refractivity contribution < 1.29 is 9.16 Å². The summed E-state index contributed by atoms with van der Waals surface area (Å²) < 4.78 is 11.7. The third-order valence-corrected chi connectivity index (χ3v) is 9.63. The van der Waals surface area contributed by atoms with Crippen molar-refractivity contribution in [3.8, 4) is 6.07 Å². The van der Waals surface area contributed by atoms with E-state index in [1.54, 1.807) is 6.33 Å². The smallest absolute Gasteiger partial charge is 0.185 e. The second-order valence-electron chi connectivity index (χ2n) is 11.0. The Morgan fingerprint density at radius 3 is 2.68 bits per heavy atom. The minimum Gasteiger partial charge on any atom is -0.402 e. The molecule has 0 spiro atoms. The number of aryl methyl sites for hydroxylation is 1. The summed E-state index contributed by atoms with van der Waals surface area (Å²) in [5.74, 6) is 1.33. The molecule has 1 saturated carbocycles. The van der Waals surface area contributed by atoms with Gasteiger partial charge in [-0.25, -0.2) is 9.97 Å². The summed E-state index contributed by atoms with van der Waals surface area (Å²) in [6.07, 6.45) is 9.08. The molecule has 3 heterocycles. The molecular weight excluding hydrogens is 462 g/mol. The predicted molar refractivity (Wildman–Crippen MR) is 139 cm³/mol. The van der Waals surface area contributed by atoms with Crippen LogP contribution in [0.1, 0.15) is 54.9 Å². The quantitative estimate of drug-likeness (QED) is 0.542. The third-order valence-electron chi connectivity index (χ3n) is 7.47. The maximum atomic E-state index is 9.75. The van der Waals surface area contributed by atoms with Crippen molar-refractivity contribution in [3.05, 3.63) is 16.8 Å². The molecule has 2 atom stereocenters. The molecule has 2 aromatic heterocycles. The van der Waals surface area contributed by atoms with Crippen molar-refractivity contribution in [1.82, 2.24) is 14.9 Å². The van der Waals surface area contributed by atoms with Crippen molar-refractivity contribution in [2.24, 2.45) is 0 Å². The Hall–Kier alpha value is -1.57. The molecule has 0 bridgehead atoms. The Kier molecular flexibility index (Phi) is 7.24. The molecule has 3 aliphatic rings. The number of ether oxygens (including phenoxy) is 1. The van der Waals surface area contributed by atoms with Gasteiger partial charge in [-0.3, -0.25) is 4.90 Å². The monoisotopic (exact) mass is 499 g/mol. The number of nitriles is 1. The van der Waals surface area contributed by atoms with Gasteiger partial charge < -0.3 is 14.5 Å². The normalized spacial score (nSPS) is 26.8. The molecule has 9 heteroatoms. The number of hydrogen-bond acceptors (Lipinski definition) is 8. The molecule has 1 unspecified atom stereocenters. The molecule has 1 aliphatic heterocycles. The van der Waals surface area contributed by atoms with Gasteiger partial charge in [0.2, 0.25) is 0 Å². The van der Waals surface area contributed by atoms with E-state index in [4.69, 9.17) is 14.1 Å². The largest absolute Gasteiger partial charge is 0.402 e. The standard InChI is InChI=1S/C25H37N5O2SSi/c1-34(2,3)32-20(15-26)14-17-4-9-21-22(17)23-24(27-16-28-25(23)33-21)29-18-5-7-19(8-6-18)30-10-12-31-13-11-30/h16-20H,4-14H2,1-3H3,(H,27,28,29)/t17-,18?,19?,20?/m1/s1. The number of aromatic nitrogens is 2. The fourth-order valence-corrected chi connectivity index (χ4v) is 8.19. The molecule has 0 aromatic carbocycles. The van der Waals surface area contributed by atoms with Crippen molar-refractivity contribution >= 4 is 35.7 Å². The molecule has 2 fully saturated rings. The van der Waals surface area contributed by atoms with Crippen LogP contribution in [-0.2, 0) is 15.6 Å². The van der Waals surface area contributed by atoms with Gasteiger partial charge in [0.05, 0.1) is 24.7 Å². The zero-order valence-electron chi connectivity index (χ0n) is 20.7. The highest BCUT2D eigenvalue weighted by molar-refractivity contribution is 7.19. The summed E-state index contributed by atoms with van der Waals surface area (Å²) in [7, 11) is -1.77. The predicted octanol–water partition coefficient (Wildman–Crippen LogP) is 4.91. The van der Waals surface area contributed by atoms with Gasteiger partial charge in [-0.1, -0.05) is 0 Å². The molecule has 1 saturated heterocycles. The van der Waals surface area contributed by atoms with Crippen molar-refractivity contribution in [2.45, 2.75) is 88.7 Å². The van der Waals surface area contributed by atoms with Crippen LogP contribution in [0.25, 0.3) is 10.2 Å². The highest BCUT2D eigenvalue weighted by atomic mass is 32.1. The highest BCUT2D eigenvalue weighted by Crippen LogP contribution is 2.47. The van der Waals surface area contributed by atoms with Crippen molar-refractivity contribution in [3.63, 3.8) is 0 Å². The van der Waals surface area contributed by atoms with Gasteiger partial charge in [0.25, 0.3) is 0 Å². The summed E-state index contributed by atoms with van der Waals surface area (Å²) in [6, 6.07) is 3.57. The molecular formula is C25H37N5O2SSi. The Labute approximate surface area is 208 Å². The molecule has 34 heavy (non-hydrogen) atoms. The Morgan fingerprint density at radius 2 is 1.97 bits per heavy atom. The first kappa shape index (κ1) is 24.1. The van der Waals surface area contributed by atoms with Crippen LogP contribution in [0.2, 0.25) is 19.6 Å². The maximum Gasteiger partial charge on any atom is 0.185 e. The van der Waals surface area contributed by atoms with Crippen LogP contribution in [0.3, 0.4) is 0 Å². The first-order valence-corrected chi connectivity index (χ1v) is 17.1. The summed E-state index contributed by atoms with van der Waals surface area (Å²) in [5.41, 5.74) is 1.38. The minimum absolute atomic E-state index is 0.339. The summed E-state index contributed by atoms with van der Waals surface area (Å²) in [5, 5.41) is 14.8.